The fraction of sp³-hybridized carbons (Fsp3) is 0. The summed E-state index contributed by atoms with van der Waals surface area (Å²) in [6.07, 6.45) is 3.37. The summed E-state index contributed by atoms with van der Waals surface area (Å²) in [4.78, 5) is 25.7. The van der Waals surface area contributed by atoms with Crippen molar-refractivity contribution in [1.82, 2.24) is 0 Å². The topological polar surface area (TPSA) is 70.8 Å². The lowest BCUT2D eigenvalue weighted by Crippen LogP contribution is -2.27. The van der Waals surface area contributed by atoms with Gasteiger partial charge in [-0.05, 0) is 36.4 Å². The number of hydrogen-bond donors (Lipinski definition) is 1. The Morgan fingerprint density at radius 3 is 2.62 bits per heavy atom. The number of thioether (sulfide) groups is 1. The molecular formula is C19H11NO4S2. The van der Waals surface area contributed by atoms with E-state index in [9.17, 15) is 9.59 Å². The number of furan rings is 1. The maximum absolute atomic E-state index is 12.8. The average Bonchev–Trinajstić information content (AvgIpc) is 3.16. The molecule has 0 radical (unpaired) electrons. The van der Waals surface area contributed by atoms with Crippen molar-refractivity contribution in [3.05, 3.63) is 70.8 Å². The van der Waals surface area contributed by atoms with Crippen LogP contribution in [0.15, 0.2) is 64.1 Å². The number of anilines is 1. The largest absolute Gasteiger partial charge is 0.478 e. The summed E-state index contributed by atoms with van der Waals surface area (Å²) in [7, 11) is 0. The molecule has 1 aliphatic heterocycles. The molecule has 1 fully saturated rings. The van der Waals surface area contributed by atoms with Crippen molar-refractivity contribution in [2.24, 2.45) is 0 Å². The lowest BCUT2D eigenvalue weighted by atomic mass is 10.1. The molecule has 128 valence electrons. The van der Waals surface area contributed by atoms with E-state index in [0.717, 1.165) is 16.5 Å². The van der Waals surface area contributed by atoms with Crippen LogP contribution >= 0.6 is 24.0 Å². The Bertz CT molecular complexity index is 1080. The second-order valence-corrected chi connectivity index (χ2v) is 7.23. The summed E-state index contributed by atoms with van der Waals surface area (Å²) in [5.41, 5.74) is 2.25. The fourth-order valence-electron chi connectivity index (χ4n) is 2.69. The highest BCUT2D eigenvalue weighted by molar-refractivity contribution is 8.27. The van der Waals surface area contributed by atoms with Crippen LogP contribution in [0.4, 0.5) is 5.69 Å². The molecule has 3 aromatic rings. The van der Waals surface area contributed by atoms with Crippen LogP contribution < -0.4 is 4.90 Å². The van der Waals surface area contributed by atoms with E-state index in [-0.39, 0.29) is 11.5 Å². The second-order valence-electron chi connectivity index (χ2n) is 5.56. The number of carbonyl (C=O) groups excluding carboxylic acids is 1. The van der Waals surface area contributed by atoms with Crippen molar-refractivity contribution in [3.8, 4) is 0 Å². The highest BCUT2D eigenvalue weighted by Gasteiger charge is 2.33. The van der Waals surface area contributed by atoms with Gasteiger partial charge in [-0.25, -0.2) is 4.79 Å². The highest BCUT2D eigenvalue weighted by Crippen LogP contribution is 2.37. The zero-order valence-electron chi connectivity index (χ0n) is 13.2. The van der Waals surface area contributed by atoms with E-state index in [2.05, 4.69) is 0 Å². The fourth-order valence-corrected chi connectivity index (χ4v) is 3.98. The van der Waals surface area contributed by atoms with Crippen LogP contribution in [0, 0.1) is 0 Å². The van der Waals surface area contributed by atoms with Gasteiger partial charge in [-0.15, -0.1) is 0 Å². The van der Waals surface area contributed by atoms with Crippen LogP contribution in [0.25, 0.3) is 17.0 Å². The Hall–Kier alpha value is -2.90. The number of carbonyl (C=O) groups is 2. The molecule has 2 aromatic carbocycles. The normalized spacial score (nSPS) is 16.0. The number of benzene rings is 2. The predicted molar refractivity (Wildman–Crippen MR) is 105 cm³/mol. The van der Waals surface area contributed by atoms with Crippen LogP contribution in [0.1, 0.15) is 15.9 Å². The van der Waals surface area contributed by atoms with Crippen molar-refractivity contribution in [2.75, 3.05) is 4.90 Å². The quantitative estimate of drug-likeness (QED) is 0.531. The maximum atomic E-state index is 12.8. The van der Waals surface area contributed by atoms with E-state index < -0.39 is 5.97 Å². The van der Waals surface area contributed by atoms with Crippen molar-refractivity contribution >= 4 is 62.9 Å². The Balaban J connectivity index is 1.68. The van der Waals surface area contributed by atoms with Gasteiger partial charge < -0.3 is 9.52 Å². The first-order valence-corrected chi connectivity index (χ1v) is 8.84. The van der Waals surface area contributed by atoms with Crippen LogP contribution in [0.2, 0.25) is 0 Å². The summed E-state index contributed by atoms with van der Waals surface area (Å²) in [5.74, 6) is -1.26. The number of thiocarbonyl (C=S) groups is 1. The minimum Gasteiger partial charge on any atom is -0.478 e. The second kappa shape index (κ2) is 6.44. The third-order valence-electron chi connectivity index (χ3n) is 3.96. The molecule has 0 saturated carbocycles. The van der Waals surface area contributed by atoms with Crippen molar-refractivity contribution in [2.45, 2.75) is 0 Å². The smallest absolute Gasteiger partial charge is 0.335 e. The number of carboxylic acids is 1. The van der Waals surface area contributed by atoms with Gasteiger partial charge in [0.1, 0.15) is 5.58 Å². The summed E-state index contributed by atoms with van der Waals surface area (Å²) < 4.78 is 5.90. The standard InChI is InChI=1S/C19H11NO4S2/c21-17-16(9-12-10-24-15-4-2-1-3-14(12)15)26-19(25)20(17)13-7-5-11(6-8-13)18(22)23/h1-10H,(H,22,23)/b16-9-. The number of carboxylic acid groups (broad SMARTS) is 1. The Morgan fingerprint density at radius 2 is 1.88 bits per heavy atom. The zero-order chi connectivity index (χ0) is 18.3. The Labute approximate surface area is 157 Å². The molecule has 1 saturated heterocycles. The highest BCUT2D eigenvalue weighted by atomic mass is 32.2. The molecule has 7 heteroatoms. The van der Waals surface area contributed by atoms with E-state index in [4.69, 9.17) is 21.7 Å². The van der Waals surface area contributed by atoms with Gasteiger partial charge in [-0.1, -0.05) is 42.2 Å². The third kappa shape index (κ3) is 2.81. The molecule has 0 spiro atoms. The third-order valence-corrected chi connectivity index (χ3v) is 5.27. The first kappa shape index (κ1) is 16.6. The molecule has 0 unspecified atom stereocenters. The van der Waals surface area contributed by atoms with E-state index in [1.165, 1.54) is 28.8 Å². The molecule has 1 aliphatic rings. The number of aromatic carboxylic acids is 1. The van der Waals surface area contributed by atoms with Gasteiger partial charge in [0.2, 0.25) is 0 Å². The first-order valence-electron chi connectivity index (χ1n) is 7.62. The minimum absolute atomic E-state index is 0.152. The Kier molecular flexibility index (Phi) is 4.10. The van der Waals surface area contributed by atoms with Gasteiger partial charge in [0.25, 0.3) is 5.91 Å². The van der Waals surface area contributed by atoms with Crippen molar-refractivity contribution in [1.29, 1.82) is 0 Å². The number of hydrogen-bond acceptors (Lipinski definition) is 5. The van der Waals surface area contributed by atoms with Gasteiger partial charge in [0, 0.05) is 10.9 Å². The molecule has 4 rings (SSSR count). The molecule has 1 N–H and O–H groups in total. The SMILES string of the molecule is O=C(O)c1ccc(N2C(=O)/C(=C/c3coc4ccccc34)SC2=S)cc1. The number of nitrogens with zero attached hydrogens (tertiary/aromatic N) is 1. The lowest BCUT2D eigenvalue weighted by molar-refractivity contribution is -0.113. The van der Waals surface area contributed by atoms with Gasteiger partial charge in [0.15, 0.2) is 4.32 Å². The summed E-state index contributed by atoms with van der Waals surface area (Å²) in [6.45, 7) is 0. The molecule has 26 heavy (non-hydrogen) atoms. The summed E-state index contributed by atoms with van der Waals surface area (Å²) in [5, 5.41) is 9.91. The van der Waals surface area contributed by atoms with Gasteiger partial charge in [0.05, 0.1) is 22.4 Å². The molecule has 0 aliphatic carbocycles. The lowest BCUT2D eigenvalue weighted by Gasteiger charge is -2.14. The van der Waals surface area contributed by atoms with Gasteiger partial charge in [-0.2, -0.15) is 0 Å². The van der Waals surface area contributed by atoms with E-state index in [1.807, 2.05) is 24.3 Å². The van der Waals surface area contributed by atoms with E-state index in [1.54, 1.807) is 24.5 Å². The number of rotatable bonds is 3. The van der Waals surface area contributed by atoms with Gasteiger partial charge in [-0.3, -0.25) is 9.69 Å². The van der Waals surface area contributed by atoms with Gasteiger partial charge >= 0.3 is 5.97 Å². The van der Waals surface area contributed by atoms with Crippen molar-refractivity contribution < 1.29 is 19.1 Å². The Morgan fingerprint density at radius 1 is 1.15 bits per heavy atom. The maximum Gasteiger partial charge on any atom is 0.335 e. The summed E-state index contributed by atoms with van der Waals surface area (Å²) >= 11 is 6.54. The van der Waals surface area contributed by atoms with Crippen molar-refractivity contribution in [3.63, 3.8) is 0 Å². The number of fused-ring (bicyclic) bond motifs is 1. The monoisotopic (exact) mass is 381 g/mol. The summed E-state index contributed by atoms with van der Waals surface area (Å²) in [6, 6.07) is 13.6. The molecule has 1 amide bonds. The molecule has 0 bridgehead atoms. The van der Waals surface area contributed by atoms with Crippen LogP contribution in [-0.2, 0) is 4.79 Å². The van der Waals surface area contributed by atoms with Crippen LogP contribution in [0.3, 0.4) is 0 Å². The van der Waals surface area contributed by atoms with E-state index >= 15 is 0 Å². The number of para-hydroxylation sites is 1. The molecule has 2 heterocycles. The number of amides is 1. The molecule has 5 nitrogen and oxygen atoms in total. The minimum atomic E-state index is -1.02. The zero-order valence-corrected chi connectivity index (χ0v) is 14.8. The first-order chi connectivity index (χ1) is 12.5. The van der Waals surface area contributed by atoms with Crippen LogP contribution in [0.5, 0.6) is 0 Å². The molecule has 0 atom stereocenters. The van der Waals surface area contributed by atoms with E-state index in [0.29, 0.717) is 14.9 Å². The molecular weight excluding hydrogens is 370 g/mol. The predicted octanol–water partition coefficient (Wildman–Crippen LogP) is 4.54. The molecule has 1 aromatic heterocycles. The average molecular weight is 381 g/mol. The van der Waals surface area contributed by atoms with Crippen LogP contribution in [-0.4, -0.2) is 21.3 Å².